The van der Waals surface area contributed by atoms with Crippen molar-refractivity contribution >= 4 is 12.0 Å². The third-order valence-corrected chi connectivity index (χ3v) is 3.20. The third kappa shape index (κ3) is 5.92. The lowest BCUT2D eigenvalue weighted by Gasteiger charge is -2.29. The van der Waals surface area contributed by atoms with Crippen molar-refractivity contribution in [2.45, 2.75) is 52.6 Å². The average molecular weight is 274 g/mol. The number of rotatable bonds is 8. The molecular weight excluding hydrogens is 248 g/mol. The molecular formula is C13H26N2O4. The zero-order valence-corrected chi connectivity index (χ0v) is 12.2. The van der Waals surface area contributed by atoms with Gasteiger partial charge >= 0.3 is 12.0 Å². The number of carboxylic acids is 1. The van der Waals surface area contributed by atoms with Crippen LogP contribution in [0.1, 0.15) is 40.5 Å². The summed E-state index contributed by atoms with van der Waals surface area (Å²) in [7, 11) is 0. The molecule has 0 saturated heterocycles. The van der Waals surface area contributed by atoms with Crippen molar-refractivity contribution in [3.05, 3.63) is 0 Å². The Morgan fingerprint density at radius 2 is 1.84 bits per heavy atom. The Bertz CT molecular complexity index is 294. The highest BCUT2D eigenvalue weighted by Crippen LogP contribution is 2.09. The standard InChI is InChI=1S/C13H26N2O4/c1-5-10(4)11(12(17)18)14-13(19)15(9(2)3)7-6-8-16/h9-11,16H,5-8H2,1-4H3,(H,14,19)(H,17,18)/t10?,11-/m0/s1. The number of carbonyl (C=O) groups excluding carboxylic acids is 1. The van der Waals surface area contributed by atoms with Crippen LogP contribution in [-0.4, -0.2) is 52.3 Å². The van der Waals surface area contributed by atoms with Crippen LogP contribution < -0.4 is 5.32 Å². The van der Waals surface area contributed by atoms with Crippen molar-refractivity contribution in [1.82, 2.24) is 10.2 Å². The van der Waals surface area contributed by atoms with E-state index in [1.807, 2.05) is 20.8 Å². The molecule has 0 bridgehead atoms. The van der Waals surface area contributed by atoms with Crippen LogP contribution in [0.5, 0.6) is 0 Å². The van der Waals surface area contributed by atoms with Crippen molar-refractivity contribution in [3.63, 3.8) is 0 Å². The second kappa shape index (κ2) is 8.74. The molecule has 6 heteroatoms. The number of amides is 2. The molecule has 2 amide bonds. The number of carbonyl (C=O) groups is 2. The topological polar surface area (TPSA) is 89.9 Å². The molecule has 0 aromatic heterocycles. The highest BCUT2D eigenvalue weighted by Gasteiger charge is 2.28. The maximum Gasteiger partial charge on any atom is 0.326 e. The number of carboxylic acid groups (broad SMARTS) is 1. The lowest BCUT2D eigenvalue weighted by molar-refractivity contribution is -0.140. The maximum absolute atomic E-state index is 12.1. The molecule has 0 aliphatic rings. The van der Waals surface area contributed by atoms with Crippen LogP contribution in [0.25, 0.3) is 0 Å². The van der Waals surface area contributed by atoms with Gasteiger partial charge in [-0.15, -0.1) is 0 Å². The summed E-state index contributed by atoms with van der Waals surface area (Å²) in [6.07, 6.45) is 1.15. The lowest BCUT2D eigenvalue weighted by atomic mass is 9.99. The Morgan fingerprint density at radius 3 is 2.21 bits per heavy atom. The summed E-state index contributed by atoms with van der Waals surface area (Å²) in [5.41, 5.74) is 0. The Kier molecular flexibility index (Phi) is 8.14. The first-order valence-electron chi connectivity index (χ1n) is 6.75. The van der Waals surface area contributed by atoms with Crippen LogP contribution in [-0.2, 0) is 4.79 Å². The summed E-state index contributed by atoms with van der Waals surface area (Å²) < 4.78 is 0. The van der Waals surface area contributed by atoms with E-state index in [1.54, 1.807) is 6.92 Å². The summed E-state index contributed by atoms with van der Waals surface area (Å²) in [5, 5.41) is 20.5. The molecule has 0 radical (unpaired) electrons. The second-order valence-electron chi connectivity index (χ2n) is 5.02. The summed E-state index contributed by atoms with van der Waals surface area (Å²) in [4.78, 5) is 24.8. The van der Waals surface area contributed by atoms with E-state index in [-0.39, 0.29) is 18.6 Å². The molecule has 6 nitrogen and oxygen atoms in total. The molecule has 19 heavy (non-hydrogen) atoms. The number of aliphatic carboxylic acids is 1. The fourth-order valence-corrected chi connectivity index (χ4v) is 1.73. The largest absolute Gasteiger partial charge is 0.480 e. The fourth-order valence-electron chi connectivity index (χ4n) is 1.73. The Hall–Kier alpha value is -1.30. The van der Waals surface area contributed by atoms with Gasteiger partial charge in [0.05, 0.1) is 0 Å². The zero-order chi connectivity index (χ0) is 15.0. The van der Waals surface area contributed by atoms with Crippen LogP contribution in [0.4, 0.5) is 4.79 Å². The highest BCUT2D eigenvalue weighted by molar-refractivity contribution is 5.82. The average Bonchev–Trinajstić information content (AvgIpc) is 2.34. The SMILES string of the molecule is CCC(C)[C@H](NC(=O)N(CCCO)C(C)C)C(=O)O. The van der Waals surface area contributed by atoms with Gasteiger partial charge in [0, 0.05) is 19.2 Å². The highest BCUT2D eigenvalue weighted by atomic mass is 16.4. The maximum atomic E-state index is 12.1. The van der Waals surface area contributed by atoms with Gasteiger partial charge in [-0.1, -0.05) is 20.3 Å². The quantitative estimate of drug-likeness (QED) is 0.622. The van der Waals surface area contributed by atoms with E-state index in [0.717, 1.165) is 0 Å². The summed E-state index contributed by atoms with van der Waals surface area (Å²) in [6.45, 7) is 7.81. The molecule has 0 aromatic rings. The molecule has 3 N–H and O–H groups in total. The van der Waals surface area contributed by atoms with Gasteiger partial charge in [0.1, 0.15) is 6.04 Å². The fraction of sp³-hybridized carbons (Fsp3) is 0.846. The minimum absolute atomic E-state index is 0.00419. The predicted molar refractivity (Wildman–Crippen MR) is 73.0 cm³/mol. The van der Waals surface area contributed by atoms with Gasteiger partial charge < -0.3 is 20.4 Å². The van der Waals surface area contributed by atoms with Gasteiger partial charge in [-0.05, 0) is 26.2 Å². The number of aliphatic hydroxyl groups excluding tert-OH is 1. The first-order valence-corrected chi connectivity index (χ1v) is 6.75. The van der Waals surface area contributed by atoms with E-state index in [9.17, 15) is 9.59 Å². The van der Waals surface area contributed by atoms with E-state index in [4.69, 9.17) is 10.2 Å². The number of nitrogens with one attached hydrogen (secondary N) is 1. The van der Waals surface area contributed by atoms with Gasteiger partial charge in [-0.3, -0.25) is 0 Å². The summed E-state index contributed by atoms with van der Waals surface area (Å²) in [5.74, 6) is -1.15. The smallest absolute Gasteiger partial charge is 0.326 e. The predicted octanol–water partition coefficient (Wildman–Crippen LogP) is 1.29. The summed E-state index contributed by atoms with van der Waals surface area (Å²) in [6, 6.07) is -1.32. The Morgan fingerprint density at radius 1 is 1.26 bits per heavy atom. The van der Waals surface area contributed by atoms with E-state index >= 15 is 0 Å². The van der Waals surface area contributed by atoms with Crippen molar-refractivity contribution < 1.29 is 19.8 Å². The van der Waals surface area contributed by atoms with Gasteiger partial charge in [0.25, 0.3) is 0 Å². The Balaban J connectivity index is 4.71. The first kappa shape index (κ1) is 17.7. The van der Waals surface area contributed by atoms with Crippen LogP contribution in [0, 0.1) is 5.92 Å². The molecule has 0 aromatic carbocycles. The minimum Gasteiger partial charge on any atom is -0.480 e. The van der Waals surface area contributed by atoms with Gasteiger partial charge in [0.2, 0.25) is 0 Å². The molecule has 0 aliphatic carbocycles. The molecule has 0 aliphatic heterocycles. The van der Waals surface area contributed by atoms with Crippen molar-refractivity contribution in [2.75, 3.05) is 13.2 Å². The van der Waals surface area contributed by atoms with E-state index < -0.39 is 18.0 Å². The number of aliphatic hydroxyl groups is 1. The number of hydrogen-bond donors (Lipinski definition) is 3. The van der Waals surface area contributed by atoms with E-state index in [2.05, 4.69) is 5.32 Å². The van der Waals surface area contributed by atoms with Crippen LogP contribution in [0.3, 0.4) is 0 Å². The van der Waals surface area contributed by atoms with Crippen LogP contribution in [0.2, 0.25) is 0 Å². The number of nitrogens with zero attached hydrogens (tertiary/aromatic N) is 1. The monoisotopic (exact) mass is 274 g/mol. The molecule has 1 unspecified atom stereocenters. The Labute approximate surface area is 114 Å². The van der Waals surface area contributed by atoms with E-state index in [0.29, 0.717) is 19.4 Å². The minimum atomic E-state index is -1.02. The number of hydrogen-bond acceptors (Lipinski definition) is 3. The number of urea groups is 1. The lowest BCUT2D eigenvalue weighted by Crippen LogP contribution is -2.52. The second-order valence-corrected chi connectivity index (χ2v) is 5.02. The van der Waals surface area contributed by atoms with Crippen molar-refractivity contribution in [3.8, 4) is 0 Å². The third-order valence-electron chi connectivity index (χ3n) is 3.20. The first-order chi connectivity index (χ1) is 8.84. The zero-order valence-electron chi connectivity index (χ0n) is 12.2. The van der Waals surface area contributed by atoms with Crippen LogP contribution >= 0.6 is 0 Å². The normalized spacial score (nSPS) is 14.0. The molecule has 0 fully saturated rings. The van der Waals surface area contributed by atoms with Gasteiger partial charge in [0.15, 0.2) is 0 Å². The molecule has 0 saturated carbocycles. The van der Waals surface area contributed by atoms with Crippen LogP contribution in [0.15, 0.2) is 0 Å². The molecule has 2 atom stereocenters. The van der Waals surface area contributed by atoms with Crippen molar-refractivity contribution in [2.24, 2.45) is 5.92 Å². The summed E-state index contributed by atoms with van der Waals surface area (Å²) >= 11 is 0. The van der Waals surface area contributed by atoms with Gasteiger partial charge in [-0.2, -0.15) is 0 Å². The molecule has 0 spiro atoms. The molecule has 0 rings (SSSR count). The van der Waals surface area contributed by atoms with E-state index in [1.165, 1.54) is 4.90 Å². The van der Waals surface area contributed by atoms with Crippen molar-refractivity contribution in [1.29, 1.82) is 0 Å². The van der Waals surface area contributed by atoms with Gasteiger partial charge in [-0.25, -0.2) is 9.59 Å². The molecule has 0 heterocycles. The molecule has 112 valence electrons.